The van der Waals surface area contributed by atoms with Gasteiger partial charge in [0, 0.05) is 45.9 Å². The molecule has 186 valence electrons. The summed E-state index contributed by atoms with van der Waals surface area (Å²) in [4.78, 5) is 31.8. The number of likely N-dealkylation sites (N-methyl/N-ethyl adjacent to an activating group) is 1. The molecule has 2 fully saturated rings. The fourth-order valence-electron chi connectivity index (χ4n) is 4.58. The minimum absolute atomic E-state index is 0.0261. The first kappa shape index (κ1) is 26.2. The van der Waals surface area contributed by atoms with Crippen LogP contribution in [0.1, 0.15) is 25.7 Å². The Balaban J connectivity index is 1.47. The molecule has 0 unspecified atom stereocenters. The Morgan fingerprint density at radius 1 is 1.24 bits per heavy atom. The highest BCUT2D eigenvalue weighted by atomic mass is 35.5. The summed E-state index contributed by atoms with van der Waals surface area (Å²) in [6.45, 7) is 3.94. The minimum atomic E-state index is -0.601. The van der Waals surface area contributed by atoms with Crippen molar-refractivity contribution < 1.29 is 19.1 Å². The van der Waals surface area contributed by atoms with Crippen molar-refractivity contribution in [3.8, 4) is 5.06 Å². The molecule has 1 N–H and O–H groups in total. The quantitative estimate of drug-likeness (QED) is 0.502. The summed E-state index contributed by atoms with van der Waals surface area (Å²) in [6.07, 6.45) is 4.54. The fraction of sp³-hybridized carbons (Fsp3) is 0.739. The number of rotatable bonds is 11. The van der Waals surface area contributed by atoms with Gasteiger partial charge < -0.3 is 29.5 Å². The summed E-state index contributed by atoms with van der Waals surface area (Å²) in [5, 5.41) is 4.24. The predicted molar refractivity (Wildman–Crippen MR) is 131 cm³/mol. The van der Waals surface area contributed by atoms with Gasteiger partial charge in [0.1, 0.15) is 6.04 Å². The third-order valence-corrected chi connectivity index (χ3v) is 7.58. The van der Waals surface area contributed by atoms with E-state index in [0.29, 0.717) is 34.4 Å². The molecular weight excluding hydrogens is 464 g/mol. The van der Waals surface area contributed by atoms with Crippen LogP contribution in [-0.2, 0) is 14.3 Å². The summed E-state index contributed by atoms with van der Waals surface area (Å²) in [5.41, 5.74) is 0. The van der Waals surface area contributed by atoms with Crippen LogP contribution in [-0.4, -0.2) is 106 Å². The average molecular weight is 501 g/mol. The Bertz CT molecular complexity index is 769. The van der Waals surface area contributed by atoms with Gasteiger partial charge in [-0.3, -0.25) is 9.59 Å². The van der Waals surface area contributed by atoms with Gasteiger partial charge in [-0.1, -0.05) is 22.9 Å². The molecule has 33 heavy (non-hydrogen) atoms. The molecule has 3 rings (SSSR count). The number of carbonyl (C=O) groups excluding carboxylic acids is 2. The zero-order valence-corrected chi connectivity index (χ0v) is 21.5. The van der Waals surface area contributed by atoms with E-state index in [-0.39, 0.29) is 25.0 Å². The van der Waals surface area contributed by atoms with Crippen LogP contribution in [0.5, 0.6) is 5.06 Å². The minimum Gasteiger partial charge on any atom is -0.474 e. The number of amides is 2. The van der Waals surface area contributed by atoms with Crippen LogP contribution >= 0.6 is 22.9 Å². The van der Waals surface area contributed by atoms with Crippen molar-refractivity contribution in [3.63, 3.8) is 0 Å². The zero-order valence-electron chi connectivity index (χ0n) is 19.9. The van der Waals surface area contributed by atoms with Crippen molar-refractivity contribution in [2.75, 3.05) is 67.1 Å². The van der Waals surface area contributed by atoms with Gasteiger partial charge in [0.25, 0.3) is 5.91 Å². The zero-order chi connectivity index (χ0) is 23.8. The number of halogens is 1. The second-order valence-corrected chi connectivity index (χ2v) is 10.8. The summed E-state index contributed by atoms with van der Waals surface area (Å²) in [7, 11) is 5.74. The van der Waals surface area contributed by atoms with Crippen molar-refractivity contribution in [1.29, 1.82) is 0 Å². The molecule has 0 radical (unpaired) electrons. The first-order valence-electron chi connectivity index (χ1n) is 11.7. The molecule has 0 aromatic carbocycles. The number of nitrogens with one attached hydrogen (secondary N) is 1. The maximum atomic E-state index is 13.2. The van der Waals surface area contributed by atoms with Gasteiger partial charge in [-0.05, 0) is 57.8 Å². The molecule has 1 saturated heterocycles. The average Bonchev–Trinajstić information content (AvgIpc) is 3.21. The largest absolute Gasteiger partial charge is 0.474 e. The van der Waals surface area contributed by atoms with Gasteiger partial charge in [0.05, 0.1) is 10.9 Å². The van der Waals surface area contributed by atoms with Gasteiger partial charge in [0.2, 0.25) is 5.91 Å². The number of ether oxygens (including phenoxy) is 2. The molecule has 1 atom stereocenters. The summed E-state index contributed by atoms with van der Waals surface area (Å²) in [5.74, 6) is 0.277. The van der Waals surface area contributed by atoms with Gasteiger partial charge in [-0.2, -0.15) is 0 Å². The van der Waals surface area contributed by atoms with E-state index in [1.165, 1.54) is 11.3 Å². The number of hydrogen-bond acceptors (Lipinski definition) is 7. The Kier molecular flexibility index (Phi) is 10.2. The third kappa shape index (κ3) is 7.82. The van der Waals surface area contributed by atoms with E-state index in [1.54, 1.807) is 24.1 Å². The van der Waals surface area contributed by atoms with Crippen molar-refractivity contribution >= 4 is 34.8 Å². The van der Waals surface area contributed by atoms with E-state index >= 15 is 0 Å². The molecule has 0 bridgehead atoms. The lowest BCUT2D eigenvalue weighted by Gasteiger charge is -2.42. The Morgan fingerprint density at radius 2 is 2.00 bits per heavy atom. The standard InChI is InChI=1S/C23H37ClN4O4S/c1-26(2)11-10-25-18-6-4-17(5-7-18)14-27-12-13-28(19(15-31-3)23(27)30)21(29)16-32-22-9-8-20(24)33-22/h8-9,17-19,25H,4-7,10-16H2,1-3H3/t17-,18+,19-/m0/s1. The van der Waals surface area contributed by atoms with Crippen molar-refractivity contribution in [3.05, 3.63) is 16.5 Å². The van der Waals surface area contributed by atoms with Crippen LogP contribution in [0.3, 0.4) is 0 Å². The van der Waals surface area contributed by atoms with Crippen molar-refractivity contribution in [2.45, 2.75) is 37.8 Å². The van der Waals surface area contributed by atoms with E-state index in [9.17, 15) is 9.59 Å². The number of nitrogens with zero attached hydrogens (tertiary/aromatic N) is 3. The van der Waals surface area contributed by atoms with Crippen LogP contribution in [0.2, 0.25) is 4.34 Å². The fourth-order valence-corrected chi connectivity index (χ4v) is 5.45. The van der Waals surface area contributed by atoms with E-state index in [1.807, 2.05) is 4.90 Å². The molecule has 10 heteroatoms. The van der Waals surface area contributed by atoms with E-state index in [4.69, 9.17) is 21.1 Å². The van der Waals surface area contributed by atoms with Crippen molar-refractivity contribution in [1.82, 2.24) is 20.0 Å². The number of carbonyl (C=O) groups is 2. The first-order chi connectivity index (χ1) is 15.9. The summed E-state index contributed by atoms with van der Waals surface area (Å²) >= 11 is 7.20. The normalized spacial score (nSPS) is 23.9. The lowest BCUT2D eigenvalue weighted by atomic mass is 9.85. The monoisotopic (exact) mass is 500 g/mol. The van der Waals surface area contributed by atoms with Gasteiger partial charge >= 0.3 is 0 Å². The van der Waals surface area contributed by atoms with E-state index < -0.39 is 6.04 Å². The molecule has 1 aliphatic heterocycles. The first-order valence-corrected chi connectivity index (χ1v) is 12.9. The molecule has 1 aromatic rings. The second kappa shape index (κ2) is 12.9. The Hall–Kier alpha value is -1.39. The Morgan fingerprint density at radius 3 is 2.64 bits per heavy atom. The van der Waals surface area contributed by atoms with Gasteiger partial charge in [-0.15, -0.1) is 0 Å². The summed E-state index contributed by atoms with van der Waals surface area (Å²) in [6, 6.07) is 3.44. The molecule has 0 spiro atoms. The number of thiophene rings is 1. The number of piperazine rings is 1. The summed E-state index contributed by atoms with van der Waals surface area (Å²) < 4.78 is 11.5. The number of methoxy groups -OCH3 is 1. The van der Waals surface area contributed by atoms with E-state index in [2.05, 4.69) is 24.3 Å². The maximum Gasteiger partial charge on any atom is 0.261 e. The third-order valence-electron chi connectivity index (χ3n) is 6.43. The molecule has 2 amide bonds. The maximum absolute atomic E-state index is 13.2. The molecule has 8 nitrogen and oxygen atoms in total. The van der Waals surface area contributed by atoms with Crippen LogP contribution in [0, 0.1) is 5.92 Å². The highest BCUT2D eigenvalue weighted by Gasteiger charge is 2.38. The van der Waals surface area contributed by atoms with Gasteiger partial charge in [0.15, 0.2) is 11.7 Å². The smallest absolute Gasteiger partial charge is 0.261 e. The molecule has 1 aliphatic carbocycles. The van der Waals surface area contributed by atoms with Crippen LogP contribution in [0.25, 0.3) is 0 Å². The van der Waals surface area contributed by atoms with Crippen molar-refractivity contribution in [2.24, 2.45) is 5.92 Å². The lowest BCUT2D eigenvalue weighted by Crippen LogP contribution is -2.61. The van der Waals surface area contributed by atoms with Crippen LogP contribution < -0.4 is 10.1 Å². The highest BCUT2D eigenvalue weighted by Crippen LogP contribution is 2.29. The molecule has 1 saturated carbocycles. The number of hydrogen-bond donors (Lipinski definition) is 1. The topological polar surface area (TPSA) is 74.4 Å². The molecule has 2 aliphatic rings. The highest BCUT2D eigenvalue weighted by molar-refractivity contribution is 7.17. The second-order valence-electron chi connectivity index (χ2n) is 9.16. The predicted octanol–water partition coefficient (Wildman–Crippen LogP) is 2.18. The molecule has 2 heterocycles. The van der Waals surface area contributed by atoms with E-state index in [0.717, 1.165) is 45.3 Å². The SMILES string of the molecule is COC[C@H]1C(=O)N(C[C@H]2CC[C@@H](NCCN(C)C)CC2)CCN1C(=O)COc1ccc(Cl)s1. The molecular formula is C23H37ClN4O4S. The molecule has 1 aromatic heterocycles. The van der Waals surface area contributed by atoms with Crippen LogP contribution in [0.15, 0.2) is 12.1 Å². The lowest BCUT2D eigenvalue weighted by molar-refractivity contribution is -0.155. The Labute approximate surface area is 206 Å². The van der Waals surface area contributed by atoms with Gasteiger partial charge in [-0.25, -0.2) is 0 Å². The van der Waals surface area contributed by atoms with Crippen LogP contribution in [0.4, 0.5) is 0 Å².